The van der Waals surface area contributed by atoms with Crippen LogP contribution in [0.4, 0.5) is 0 Å². The maximum Gasteiger partial charge on any atom is 0.0705 e. The minimum absolute atomic E-state index is 0.435. The van der Waals surface area contributed by atoms with Crippen LogP contribution < -0.4 is 5.32 Å². The van der Waals surface area contributed by atoms with Crippen LogP contribution in [0.2, 0.25) is 0 Å². The molecular formula is C17H24N2. The number of rotatable bonds is 7. The van der Waals surface area contributed by atoms with Gasteiger partial charge in [-0.3, -0.25) is 4.98 Å². The van der Waals surface area contributed by atoms with E-state index in [-0.39, 0.29) is 0 Å². The maximum absolute atomic E-state index is 4.44. The molecule has 2 aromatic rings. The Morgan fingerprint density at radius 1 is 1.11 bits per heavy atom. The molecular weight excluding hydrogens is 232 g/mol. The SMILES string of the molecule is CCCCCCC(NC)c1ccnc2ccccc12. The molecule has 0 fully saturated rings. The number of benzene rings is 1. The predicted molar refractivity (Wildman–Crippen MR) is 82.3 cm³/mol. The van der Waals surface area contributed by atoms with Gasteiger partial charge in [0.15, 0.2) is 0 Å². The summed E-state index contributed by atoms with van der Waals surface area (Å²) in [5, 5.41) is 4.74. The number of unbranched alkanes of at least 4 members (excludes halogenated alkanes) is 3. The highest BCUT2D eigenvalue weighted by molar-refractivity contribution is 5.82. The highest BCUT2D eigenvalue weighted by Crippen LogP contribution is 2.26. The number of pyridine rings is 1. The van der Waals surface area contributed by atoms with Gasteiger partial charge in [-0.15, -0.1) is 0 Å². The van der Waals surface area contributed by atoms with Crippen molar-refractivity contribution in [2.24, 2.45) is 0 Å². The lowest BCUT2D eigenvalue weighted by atomic mass is 9.97. The molecule has 1 unspecified atom stereocenters. The third kappa shape index (κ3) is 3.54. The van der Waals surface area contributed by atoms with Gasteiger partial charge in [-0.2, -0.15) is 0 Å². The van der Waals surface area contributed by atoms with Crippen molar-refractivity contribution in [3.8, 4) is 0 Å². The Labute approximate surface area is 116 Å². The Balaban J connectivity index is 2.16. The number of nitrogens with zero attached hydrogens (tertiary/aromatic N) is 1. The van der Waals surface area contributed by atoms with Crippen molar-refractivity contribution < 1.29 is 0 Å². The van der Waals surface area contributed by atoms with Gasteiger partial charge in [0.25, 0.3) is 0 Å². The Bertz CT molecular complexity index is 502. The molecule has 0 saturated heterocycles. The van der Waals surface area contributed by atoms with Gasteiger partial charge in [0, 0.05) is 17.6 Å². The largest absolute Gasteiger partial charge is 0.313 e. The lowest BCUT2D eigenvalue weighted by Gasteiger charge is -2.18. The minimum atomic E-state index is 0.435. The molecule has 1 N–H and O–H groups in total. The van der Waals surface area contributed by atoms with Crippen molar-refractivity contribution in [3.05, 3.63) is 42.1 Å². The van der Waals surface area contributed by atoms with Crippen LogP contribution in [0.1, 0.15) is 50.6 Å². The van der Waals surface area contributed by atoms with E-state index >= 15 is 0 Å². The molecule has 0 saturated carbocycles. The molecule has 1 atom stereocenters. The van der Waals surface area contributed by atoms with E-state index in [1.54, 1.807) is 0 Å². The quantitative estimate of drug-likeness (QED) is 0.739. The van der Waals surface area contributed by atoms with E-state index < -0.39 is 0 Å². The Morgan fingerprint density at radius 2 is 1.95 bits per heavy atom. The van der Waals surface area contributed by atoms with Gasteiger partial charge in [-0.05, 0) is 31.2 Å². The topological polar surface area (TPSA) is 24.9 Å². The van der Waals surface area contributed by atoms with Crippen LogP contribution in [0.15, 0.2) is 36.5 Å². The zero-order chi connectivity index (χ0) is 13.5. The summed E-state index contributed by atoms with van der Waals surface area (Å²) >= 11 is 0. The molecule has 19 heavy (non-hydrogen) atoms. The molecule has 2 rings (SSSR count). The maximum atomic E-state index is 4.44. The van der Waals surface area contributed by atoms with Crippen molar-refractivity contribution >= 4 is 10.9 Å². The second-order valence-corrected chi connectivity index (χ2v) is 5.11. The smallest absolute Gasteiger partial charge is 0.0705 e. The molecule has 1 aromatic carbocycles. The number of fused-ring (bicyclic) bond motifs is 1. The molecule has 0 aliphatic carbocycles. The van der Waals surface area contributed by atoms with Crippen LogP contribution in [-0.2, 0) is 0 Å². The molecule has 2 heteroatoms. The lowest BCUT2D eigenvalue weighted by Crippen LogP contribution is -2.16. The third-order valence-electron chi connectivity index (χ3n) is 3.75. The highest BCUT2D eigenvalue weighted by atomic mass is 14.9. The van der Waals surface area contributed by atoms with Crippen LogP contribution in [0, 0.1) is 0 Å². The van der Waals surface area contributed by atoms with Crippen LogP contribution in [-0.4, -0.2) is 12.0 Å². The van der Waals surface area contributed by atoms with Gasteiger partial charge in [-0.1, -0.05) is 50.8 Å². The van der Waals surface area contributed by atoms with Crippen molar-refractivity contribution in [1.82, 2.24) is 10.3 Å². The first kappa shape index (κ1) is 14.0. The van der Waals surface area contributed by atoms with E-state index in [1.165, 1.54) is 43.1 Å². The summed E-state index contributed by atoms with van der Waals surface area (Å²) in [7, 11) is 2.06. The normalized spacial score (nSPS) is 12.7. The van der Waals surface area contributed by atoms with Crippen LogP contribution in [0.5, 0.6) is 0 Å². The first-order chi connectivity index (χ1) is 9.36. The minimum Gasteiger partial charge on any atom is -0.313 e. The summed E-state index contributed by atoms with van der Waals surface area (Å²) in [6.45, 7) is 2.26. The Hall–Kier alpha value is -1.41. The van der Waals surface area contributed by atoms with Crippen molar-refractivity contribution in [1.29, 1.82) is 0 Å². The van der Waals surface area contributed by atoms with Crippen LogP contribution in [0.3, 0.4) is 0 Å². The molecule has 1 aromatic heterocycles. The fraction of sp³-hybridized carbons (Fsp3) is 0.471. The summed E-state index contributed by atoms with van der Waals surface area (Å²) < 4.78 is 0. The summed E-state index contributed by atoms with van der Waals surface area (Å²) in [6.07, 6.45) is 8.38. The Kier molecular flexibility index (Phi) is 5.34. The zero-order valence-corrected chi connectivity index (χ0v) is 12.0. The zero-order valence-electron chi connectivity index (χ0n) is 12.0. The first-order valence-electron chi connectivity index (χ1n) is 7.37. The van der Waals surface area contributed by atoms with Crippen LogP contribution >= 0.6 is 0 Å². The Morgan fingerprint density at radius 3 is 2.74 bits per heavy atom. The predicted octanol–water partition coefficient (Wildman–Crippen LogP) is 4.47. The summed E-state index contributed by atoms with van der Waals surface area (Å²) in [6, 6.07) is 11.0. The van der Waals surface area contributed by atoms with Gasteiger partial charge in [-0.25, -0.2) is 0 Å². The molecule has 0 aliphatic rings. The summed E-state index contributed by atoms with van der Waals surface area (Å²) in [5.74, 6) is 0. The van der Waals surface area contributed by atoms with E-state index in [0.29, 0.717) is 6.04 Å². The number of hydrogen-bond donors (Lipinski definition) is 1. The van der Waals surface area contributed by atoms with Gasteiger partial charge < -0.3 is 5.32 Å². The highest BCUT2D eigenvalue weighted by Gasteiger charge is 2.12. The average molecular weight is 256 g/mol. The molecule has 0 radical (unpaired) electrons. The van der Waals surface area contributed by atoms with Crippen molar-refractivity contribution in [2.75, 3.05) is 7.05 Å². The second kappa shape index (κ2) is 7.25. The second-order valence-electron chi connectivity index (χ2n) is 5.11. The lowest BCUT2D eigenvalue weighted by molar-refractivity contribution is 0.507. The van der Waals surface area contributed by atoms with Gasteiger partial charge in [0.1, 0.15) is 0 Å². The molecule has 0 amide bonds. The van der Waals surface area contributed by atoms with E-state index in [1.807, 2.05) is 6.20 Å². The van der Waals surface area contributed by atoms with E-state index in [0.717, 1.165) is 5.52 Å². The number of nitrogens with one attached hydrogen (secondary N) is 1. The van der Waals surface area contributed by atoms with Gasteiger partial charge >= 0.3 is 0 Å². The van der Waals surface area contributed by atoms with E-state index in [9.17, 15) is 0 Å². The first-order valence-corrected chi connectivity index (χ1v) is 7.37. The third-order valence-corrected chi connectivity index (χ3v) is 3.75. The number of para-hydroxylation sites is 1. The monoisotopic (exact) mass is 256 g/mol. The van der Waals surface area contributed by atoms with E-state index in [4.69, 9.17) is 0 Å². The van der Waals surface area contributed by atoms with Crippen molar-refractivity contribution in [3.63, 3.8) is 0 Å². The number of hydrogen-bond acceptors (Lipinski definition) is 2. The van der Waals surface area contributed by atoms with Crippen molar-refractivity contribution in [2.45, 2.75) is 45.1 Å². The molecule has 0 spiro atoms. The molecule has 2 nitrogen and oxygen atoms in total. The fourth-order valence-electron chi connectivity index (χ4n) is 2.65. The van der Waals surface area contributed by atoms with E-state index in [2.05, 4.69) is 54.6 Å². The van der Waals surface area contributed by atoms with Gasteiger partial charge in [0.2, 0.25) is 0 Å². The van der Waals surface area contributed by atoms with Gasteiger partial charge in [0.05, 0.1) is 5.52 Å². The molecule has 102 valence electrons. The standard InChI is InChI=1S/C17H24N2/c1-3-4-5-6-10-16(18-2)15-12-13-19-17-11-8-7-9-14(15)17/h7-9,11-13,16,18H,3-6,10H2,1-2H3. The number of aromatic nitrogens is 1. The molecule has 0 aliphatic heterocycles. The summed E-state index contributed by atoms with van der Waals surface area (Å²) in [4.78, 5) is 4.44. The van der Waals surface area contributed by atoms with Crippen LogP contribution in [0.25, 0.3) is 10.9 Å². The average Bonchev–Trinajstić information content (AvgIpc) is 2.47. The fourth-order valence-corrected chi connectivity index (χ4v) is 2.65. The molecule has 1 heterocycles. The molecule has 0 bridgehead atoms. The summed E-state index contributed by atoms with van der Waals surface area (Å²) in [5.41, 5.74) is 2.47.